The highest BCUT2D eigenvalue weighted by Crippen LogP contribution is 2.28. The van der Waals surface area contributed by atoms with Crippen LogP contribution in [-0.2, 0) is 0 Å². The second kappa shape index (κ2) is 3.89. The highest BCUT2D eigenvalue weighted by molar-refractivity contribution is 5.99. The molecule has 1 fully saturated rings. The van der Waals surface area contributed by atoms with E-state index in [4.69, 9.17) is 0 Å². The third-order valence-corrected chi connectivity index (χ3v) is 3.77. The van der Waals surface area contributed by atoms with Gasteiger partial charge < -0.3 is 10.6 Å². The van der Waals surface area contributed by atoms with Crippen molar-refractivity contribution in [2.24, 2.45) is 0 Å². The lowest BCUT2D eigenvalue weighted by Gasteiger charge is -2.26. The summed E-state index contributed by atoms with van der Waals surface area (Å²) in [4.78, 5) is 12.2. The molecule has 1 aromatic carbocycles. The van der Waals surface area contributed by atoms with Crippen LogP contribution in [0.25, 0.3) is 11.3 Å². The lowest BCUT2D eigenvalue weighted by atomic mass is 10.1. The molecule has 1 aromatic heterocycles. The van der Waals surface area contributed by atoms with Gasteiger partial charge in [0.25, 0.3) is 5.91 Å². The molecular formula is C13H13N5O. The maximum atomic E-state index is 12.2. The Morgan fingerprint density at radius 3 is 2.89 bits per heavy atom. The second-order valence-electron chi connectivity index (χ2n) is 4.90. The molecule has 1 amide bonds. The molecule has 0 unspecified atom stereocenters. The molecule has 96 valence electrons. The second-order valence-corrected chi connectivity index (χ2v) is 4.90. The summed E-state index contributed by atoms with van der Waals surface area (Å²) >= 11 is 0. The molecule has 4 rings (SSSR count). The highest BCUT2D eigenvalue weighted by atomic mass is 16.2. The zero-order valence-corrected chi connectivity index (χ0v) is 10.2. The minimum absolute atomic E-state index is 0.0891. The molecule has 0 aliphatic carbocycles. The molecule has 2 aliphatic rings. The number of rotatable bonds is 1. The summed E-state index contributed by atoms with van der Waals surface area (Å²) in [6.07, 6.45) is 0. The van der Waals surface area contributed by atoms with Gasteiger partial charge in [0.05, 0.1) is 12.1 Å². The number of hydrogen-bond donors (Lipinski definition) is 2. The lowest BCUT2D eigenvalue weighted by molar-refractivity contribution is 0.0889. The lowest BCUT2D eigenvalue weighted by Crippen LogP contribution is -2.47. The van der Waals surface area contributed by atoms with E-state index in [0.29, 0.717) is 11.4 Å². The van der Waals surface area contributed by atoms with E-state index in [1.54, 1.807) is 4.68 Å². The molecule has 2 aliphatic heterocycles. The van der Waals surface area contributed by atoms with Gasteiger partial charge in [-0.2, -0.15) is 0 Å². The number of benzene rings is 1. The van der Waals surface area contributed by atoms with Crippen LogP contribution in [0.15, 0.2) is 30.3 Å². The van der Waals surface area contributed by atoms with Gasteiger partial charge in [0.2, 0.25) is 0 Å². The Balaban J connectivity index is 1.87. The van der Waals surface area contributed by atoms with Crippen LogP contribution in [0.2, 0.25) is 0 Å². The van der Waals surface area contributed by atoms with Crippen LogP contribution in [0.3, 0.4) is 0 Å². The number of fused-ring (bicyclic) bond motifs is 3. The first kappa shape index (κ1) is 10.7. The topological polar surface area (TPSA) is 71.8 Å². The van der Waals surface area contributed by atoms with E-state index in [0.717, 1.165) is 18.7 Å². The Morgan fingerprint density at radius 2 is 2.05 bits per heavy atom. The third-order valence-electron chi connectivity index (χ3n) is 3.77. The van der Waals surface area contributed by atoms with Crippen molar-refractivity contribution in [1.29, 1.82) is 0 Å². The van der Waals surface area contributed by atoms with Crippen LogP contribution in [0.5, 0.6) is 0 Å². The first-order chi connectivity index (χ1) is 9.34. The molecule has 2 N–H and O–H groups in total. The van der Waals surface area contributed by atoms with Crippen LogP contribution < -0.4 is 10.6 Å². The van der Waals surface area contributed by atoms with E-state index in [1.807, 2.05) is 30.3 Å². The first-order valence-corrected chi connectivity index (χ1v) is 6.37. The summed E-state index contributed by atoms with van der Waals surface area (Å²) in [5.74, 6) is -0.0891. The van der Waals surface area contributed by atoms with Crippen molar-refractivity contribution in [3.8, 4) is 11.3 Å². The summed E-state index contributed by atoms with van der Waals surface area (Å²) in [5, 5.41) is 14.7. The van der Waals surface area contributed by atoms with Crippen LogP contribution in [0.4, 0.5) is 0 Å². The number of hydrogen-bond acceptors (Lipinski definition) is 4. The fraction of sp³-hybridized carbons (Fsp3) is 0.308. The van der Waals surface area contributed by atoms with E-state index in [-0.39, 0.29) is 18.0 Å². The zero-order chi connectivity index (χ0) is 12.8. The number of nitrogens with one attached hydrogen (secondary N) is 2. The predicted molar refractivity (Wildman–Crippen MR) is 68.6 cm³/mol. The van der Waals surface area contributed by atoms with Gasteiger partial charge in [-0.3, -0.25) is 4.79 Å². The van der Waals surface area contributed by atoms with Crippen LogP contribution in [-0.4, -0.2) is 40.0 Å². The van der Waals surface area contributed by atoms with Gasteiger partial charge in [-0.1, -0.05) is 35.5 Å². The highest BCUT2D eigenvalue weighted by Gasteiger charge is 2.39. The average molecular weight is 255 g/mol. The summed E-state index contributed by atoms with van der Waals surface area (Å²) in [7, 11) is 0. The van der Waals surface area contributed by atoms with Crippen molar-refractivity contribution < 1.29 is 4.79 Å². The summed E-state index contributed by atoms with van der Waals surface area (Å²) in [6.45, 7) is 1.60. The van der Waals surface area contributed by atoms with Gasteiger partial charge in [-0.25, -0.2) is 4.68 Å². The maximum Gasteiger partial charge on any atom is 0.272 e. The van der Waals surface area contributed by atoms with Crippen molar-refractivity contribution in [2.75, 3.05) is 13.1 Å². The van der Waals surface area contributed by atoms with Crippen molar-refractivity contribution in [2.45, 2.75) is 12.1 Å². The standard InChI is InChI=1S/C13H13N5O/c19-13-12-11(8-4-2-1-3-5-8)16-17-18(12)10-7-14-6-9(10)15-13/h1-5,9-10,14H,6-7H2,(H,15,19)/t9-,10+/m0/s1. The summed E-state index contributed by atoms with van der Waals surface area (Å²) < 4.78 is 1.77. The Labute approximate surface area is 109 Å². The van der Waals surface area contributed by atoms with Crippen LogP contribution in [0, 0.1) is 0 Å². The Morgan fingerprint density at radius 1 is 1.21 bits per heavy atom. The molecule has 2 aromatic rings. The van der Waals surface area contributed by atoms with Gasteiger partial charge in [0, 0.05) is 18.7 Å². The minimum Gasteiger partial charge on any atom is -0.344 e. The van der Waals surface area contributed by atoms with E-state index in [2.05, 4.69) is 20.9 Å². The molecule has 2 atom stereocenters. The monoisotopic (exact) mass is 255 g/mol. The molecule has 19 heavy (non-hydrogen) atoms. The number of carbonyl (C=O) groups excluding carboxylic acids is 1. The minimum atomic E-state index is -0.0891. The zero-order valence-electron chi connectivity index (χ0n) is 10.2. The maximum absolute atomic E-state index is 12.2. The normalized spacial score (nSPS) is 24.7. The number of aromatic nitrogens is 3. The molecule has 6 heteroatoms. The molecule has 0 spiro atoms. The molecule has 6 nitrogen and oxygen atoms in total. The van der Waals surface area contributed by atoms with Crippen molar-refractivity contribution >= 4 is 5.91 Å². The van der Waals surface area contributed by atoms with E-state index in [9.17, 15) is 4.79 Å². The van der Waals surface area contributed by atoms with Crippen molar-refractivity contribution in [1.82, 2.24) is 25.6 Å². The Bertz CT molecular complexity index is 636. The van der Waals surface area contributed by atoms with Crippen LogP contribution >= 0.6 is 0 Å². The van der Waals surface area contributed by atoms with E-state index >= 15 is 0 Å². The molecule has 3 heterocycles. The summed E-state index contributed by atoms with van der Waals surface area (Å²) in [5.41, 5.74) is 2.14. The SMILES string of the molecule is O=C1N[C@H]2CNC[C@H]2n2nnc(-c3ccccc3)c21. The van der Waals surface area contributed by atoms with E-state index < -0.39 is 0 Å². The fourth-order valence-corrected chi connectivity index (χ4v) is 2.83. The van der Waals surface area contributed by atoms with Gasteiger partial charge in [0.1, 0.15) is 5.69 Å². The fourth-order valence-electron chi connectivity index (χ4n) is 2.83. The van der Waals surface area contributed by atoms with Gasteiger partial charge in [-0.05, 0) is 0 Å². The van der Waals surface area contributed by atoms with Crippen molar-refractivity contribution in [3.05, 3.63) is 36.0 Å². The first-order valence-electron chi connectivity index (χ1n) is 6.37. The molecule has 0 bridgehead atoms. The predicted octanol–water partition coefficient (Wildman–Crippen LogP) is 0.201. The third kappa shape index (κ3) is 1.50. The molecule has 0 saturated carbocycles. The molecule has 1 saturated heterocycles. The quantitative estimate of drug-likeness (QED) is 0.763. The molecular weight excluding hydrogens is 242 g/mol. The largest absolute Gasteiger partial charge is 0.344 e. The number of carbonyl (C=O) groups is 1. The Hall–Kier alpha value is -2.21. The van der Waals surface area contributed by atoms with Gasteiger partial charge in [-0.15, -0.1) is 5.10 Å². The Kier molecular flexibility index (Phi) is 2.19. The van der Waals surface area contributed by atoms with Crippen molar-refractivity contribution in [3.63, 3.8) is 0 Å². The summed E-state index contributed by atoms with van der Waals surface area (Å²) in [6, 6.07) is 9.97. The average Bonchev–Trinajstić information content (AvgIpc) is 3.05. The van der Waals surface area contributed by atoms with Gasteiger partial charge in [0.15, 0.2) is 5.69 Å². The molecule has 0 radical (unpaired) electrons. The number of amides is 1. The number of nitrogens with zero attached hydrogens (tertiary/aromatic N) is 3. The van der Waals surface area contributed by atoms with Crippen LogP contribution in [0.1, 0.15) is 16.5 Å². The smallest absolute Gasteiger partial charge is 0.272 e. The van der Waals surface area contributed by atoms with Gasteiger partial charge >= 0.3 is 0 Å². The van der Waals surface area contributed by atoms with E-state index in [1.165, 1.54) is 0 Å².